The van der Waals surface area contributed by atoms with Crippen molar-refractivity contribution in [3.63, 3.8) is 0 Å². The maximum atomic E-state index is 4.99. The van der Waals surface area contributed by atoms with Gasteiger partial charge in [0.25, 0.3) is 0 Å². The fraction of sp³-hybridized carbons (Fsp3) is 0. The van der Waals surface area contributed by atoms with E-state index in [1.807, 2.05) is 24.3 Å². The molecule has 0 amide bonds. The summed E-state index contributed by atoms with van der Waals surface area (Å²) in [5.41, 5.74) is 7.67. The third-order valence-corrected chi connectivity index (χ3v) is 9.31. The molecule has 0 spiro atoms. The zero-order chi connectivity index (χ0) is 26.9. The van der Waals surface area contributed by atoms with Crippen molar-refractivity contribution in [3.8, 4) is 22.3 Å². The molecule has 0 N–H and O–H groups in total. The van der Waals surface area contributed by atoms with E-state index in [1.165, 1.54) is 59.3 Å². The van der Waals surface area contributed by atoms with Crippen LogP contribution < -0.4 is 0 Å². The van der Waals surface area contributed by atoms with Gasteiger partial charge in [-0.15, -0.1) is 11.3 Å². The zero-order valence-corrected chi connectivity index (χ0v) is 22.8. The van der Waals surface area contributed by atoms with Gasteiger partial charge in [0.2, 0.25) is 0 Å². The first kappa shape index (κ1) is 22.7. The number of hydrogen-bond acceptors (Lipinski definition) is 3. The van der Waals surface area contributed by atoms with E-state index in [0.29, 0.717) is 0 Å². The number of thiophene rings is 1. The molecule has 0 saturated heterocycles. The first-order valence-corrected chi connectivity index (χ1v) is 14.6. The molecule has 7 aromatic carbocycles. The summed E-state index contributed by atoms with van der Waals surface area (Å²) in [6.45, 7) is 0. The Morgan fingerprint density at radius 3 is 1.56 bits per heavy atom. The molecule has 0 aliphatic carbocycles. The monoisotopic (exact) mass is 538 g/mol. The van der Waals surface area contributed by atoms with Crippen molar-refractivity contribution in [2.75, 3.05) is 0 Å². The summed E-state index contributed by atoms with van der Waals surface area (Å²) in [5, 5.41) is 8.95. The number of aromatic nitrogens is 2. The normalized spacial score (nSPS) is 11.9. The fourth-order valence-corrected chi connectivity index (χ4v) is 7.29. The van der Waals surface area contributed by atoms with Crippen LogP contribution in [0.5, 0.6) is 0 Å². The lowest BCUT2D eigenvalue weighted by atomic mass is 9.91. The molecule has 2 nitrogen and oxygen atoms in total. The standard InChI is InChI=1S/C38H22N2S/c1-2-12-29-27(10-1)28-11-3-4-13-30(28)32-21-25(16-18-31(29)32)23-8-7-9-24(20-23)26-17-19-36-33(22-26)37-38(41-36)40-35-15-6-5-14-34(35)39-37/h1-22H. The SMILES string of the molecule is c1cc(-c2ccc3c4ccccc4c4ccccc4c3c2)cc(-c2ccc3sc4nc5ccccc5nc4c3c2)c1. The van der Waals surface area contributed by atoms with Gasteiger partial charge < -0.3 is 0 Å². The lowest BCUT2D eigenvalue weighted by Gasteiger charge is -2.12. The van der Waals surface area contributed by atoms with Crippen LogP contribution in [0.25, 0.3) is 86.0 Å². The van der Waals surface area contributed by atoms with Crippen molar-refractivity contribution >= 4 is 75.1 Å². The van der Waals surface area contributed by atoms with E-state index in [2.05, 4.69) is 109 Å². The highest BCUT2D eigenvalue weighted by atomic mass is 32.1. The van der Waals surface area contributed by atoms with Crippen LogP contribution in [-0.2, 0) is 0 Å². The molecule has 0 aliphatic rings. The van der Waals surface area contributed by atoms with Crippen molar-refractivity contribution in [2.24, 2.45) is 0 Å². The second-order valence-electron chi connectivity index (χ2n) is 10.6. The van der Waals surface area contributed by atoms with Crippen molar-refractivity contribution in [3.05, 3.63) is 133 Å². The molecule has 0 atom stereocenters. The molecule has 9 aromatic rings. The summed E-state index contributed by atoms with van der Waals surface area (Å²) in [5.74, 6) is 0. The maximum Gasteiger partial charge on any atom is 0.143 e. The molecule has 0 radical (unpaired) electrons. The molecule has 2 heterocycles. The Balaban J connectivity index is 1.20. The van der Waals surface area contributed by atoms with Crippen LogP contribution in [0.3, 0.4) is 0 Å². The van der Waals surface area contributed by atoms with Gasteiger partial charge in [-0.1, -0.05) is 97.1 Å². The first-order valence-electron chi connectivity index (χ1n) is 13.8. The molecule has 0 bridgehead atoms. The average Bonchev–Trinajstić information content (AvgIpc) is 3.40. The third kappa shape index (κ3) is 3.49. The van der Waals surface area contributed by atoms with Crippen LogP contribution in [0.15, 0.2) is 133 Å². The zero-order valence-electron chi connectivity index (χ0n) is 22.0. The van der Waals surface area contributed by atoms with E-state index in [0.717, 1.165) is 26.8 Å². The molecule has 9 rings (SSSR count). The average molecular weight is 539 g/mol. The first-order chi connectivity index (χ1) is 20.3. The van der Waals surface area contributed by atoms with Gasteiger partial charge in [-0.25, -0.2) is 9.97 Å². The largest absolute Gasteiger partial charge is 0.243 e. The van der Waals surface area contributed by atoms with Crippen LogP contribution in [0.4, 0.5) is 0 Å². The Kier molecular flexibility index (Phi) is 4.80. The molecule has 0 saturated carbocycles. The Labute approximate surface area is 240 Å². The minimum absolute atomic E-state index is 0.934. The highest BCUT2D eigenvalue weighted by Crippen LogP contribution is 2.39. The number of para-hydroxylation sites is 2. The van der Waals surface area contributed by atoms with Gasteiger partial charge in [-0.05, 0) is 91.0 Å². The van der Waals surface area contributed by atoms with E-state index in [9.17, 15) is 0 Å². The lowest BCUT2D eigenvalue weighted by molar-refractivity contribution is 1.43. The maximum absolute atomic E-state index is 4.99. The molecule has 3 heteroatoms. The van der Waals surface area contributed by atoms with Crippen LogP contribution in [0, 0.1) is 0 Å². The number of hydrogen-bond donors (Lipinski definition) is 0. The van der Waals surface area contributed by atoms with Gasteiger partial charge >= 0.3 is 0 Å². The fourth-order valence-electron chi connectivity index (χ4n) is 6.28. The highest BCUT2D eigenvalue weighted by molar-refractivity contribution is 7.25. The number of benzene rings is 7. The van der Waals surface area contributed by atoms with E-state index < -0.39 is 0 Å². The van der Waals surface area contributed by atoms with Crippen molar-refractivity contribution in [2.45, 2.75) is 0 Å². The van der Waals surface area contributed by atoms with Crippen LogP contribution in [-0.4, -0.2) is 9.97 Å². The summed E-state index contributed by atoms with van der Waals surface area (Å²) in [4.78, 5) is 10.9. The van der Waals surface area contributed by atoms with E-state index in [4.69, 9.17) is 9.97 Å². The van der Waals surface area contributed by atoms with Crippen LogP contribution in [0.1, 0.15) is 0 Å². The molecule has 0 unspecified atom stereocenters. The minimum Gasteiger partial charge on any atom is -0.243 e. The van der Waals surface area contributed by atoms with Gasteiger partial charge in [-0.3, -0.25) is 0 Å². The molecule has 0 fully saturated rings. The summed E-state index contributed by atoms with van der Waals surface area (Å²) in [6, 6.07) is 48.1. The Morgan fingerprint density at radius 1 is 0.366 bits per heavy atom. The number of nitrogens with zero attached hydrogens (tertiary/aromatic N) is 2. The van der Waals surface area contributed by atoms with Gasteiger partial charge in [0.05, 0.1) is 11.0 Å². The van der Waals surface area contributed by atoms with Crippen molar-refractivity contribution < 1.29 is 0 Å². The van der Waals surface area contributed by atoms with Crippen LogP contribution >= 0.6 is 11.3 Å². The number of rotatable bonds is 2. The predicted octanol–water partition coefficient (Wildman–Crippen LogP) is 10.8. The highest BCUT2D eigenvalue weighted by Gasteiger charge is 2.13. The predicted molar refractivity (Wildman–Crippen MR) is 176 cm³/mol. The third-order valence-electron chi connectivity index (χ3n) is 8.25. The minimum atomic E-state index is 0.934. The smallest absolute Gasteiger partial charge is 0.143 e. The Morgan fingerprint density at radius 2 is 0.878 bits per heavy atom. The van der Waals surface area contributed by atoms with E-state index in [1.54, 1.807) is 11.3 Å². The molecular weight excluding hydrogens is 516 g/mol. The van der Waals surface area contributed by atoms with Crippen molar-refractivity contribution in [1.82, 2.24) is 9.97 Å². The van der Waals surface area contributed by atoms with Gasteiger partial charge in [0, 0.05) is 10.1 Å². The lowest BCUT2D eigenvalue weighted by Crippen LogP contribution is -1.86. The van der Waals surface area contributed by atoms with Crippen LogP contribution in [0.2, 0.25) is 0 Å². The second kappa shape index (κ2) is 8.69. The van der Waals surface area contributed by atoms with Gasteiger partial charge in [-0.2, -0.15) is 0 Å². The Hall–Kier alpha value is -5.12. The molecule has 0 aliphatic heterocycles. The van der Waals surface area contributed by atoms with Gasteiger partial charge in [0.15, 0.2) is 0 Å². The molecule has 41 heavy (non-hydrogen) atoms. The summed E-state index contributed by atoms with van der Waals surface area (Å²) in [6.07, 6.45) is 0. The topological polar surface area (TPSA) is 25.8 Å². The second-order valence-corrected chi connectivity index (χ2v) is 11.6. The Bertz CT molecular complexity index is 2450. The van der Waals surface area contributed by atoms with Gasteiger partial charge in [0.1, 0.15) is 10.3 Å². The molecule has 2 aromatic heterocycles. The van der Waals surface area contributed by atoms with Crippen molar-refractivity contribution in [1.29, 1.82) is 0 Å². The quantitative estimate of drug-likeness (QED) is 0.205. The number of fused-ring (bicyclic) bond motifs is 10. The molecule has 190 valence electrons. The van der Waals surface area contributed by atoms with E-state index in [-0.39, 0.29) is 0 Å². The summed E-state index contributed by atoms with van der Waals surface area (Å²) in [7, 11) is 0. The van der Waals surface area contributed by atoms with E-state index >= 15 is 0 Å². The summed E-state index contributed by atoms with van der Waals surface area (Å²) < 4.78 is 1.21. The molecular formula is C38H22N2S. The summed E-state index contributed by atoms with van der Waals surface area (Å²) >= 11 is 1.71.